The number of carbonyl (C=O) groups is 4. The Morgan fingerprint density at radius 3 is 1.53 bits per heavy atom. The number of carbonyl (C=O) groups excluding carboxylic acids is 4. The number of aliphatic hydroxyl groups is 2. The highest BCUT2D eigenvalue weighted by Gasteiger charge is 2.51. The molecule has 0 bridgehead atoms. The van der Waals surface area contributed by atoms with Crippen molar-refractivity contribution in [3.63, 3.8) is 0 Å². The summed E-state index contributed by atoms with van der Waals surface area (Å²) in [7, 11) is 6.10. The lowest BCUT2D eigenvalue weighted by atomic mass is 9.81. The highest BCUT2D eigenvalue weighted by Crippen LogP contribution is 2.48. The van der Waals surface area contributed by atoms with E-state index in [0.717, 1.165) is 78.5 Å². The molecule has 6 aliphatic heterocycles. The van der Waals surface area contributed by atoms with Crippen molar-refractivity contribution < 1.29 is 63.7 Å². The van der Waals surface area contributed by atoms with Crippen LogP contribution in [0.2, 0.25) is 10.2 Å². The average molecular weight is 1390 g/mol. The molecule has 6 aliphatic rings. The number of hydrogen-bond acceptors (Lipinski definition) is 11. The first-order chi connectivity index (χ1) is 45.6. The van der Waals surface area contributed by atoms with Crippen LogP contribution in [0.4, 0.5) is 22.0 Å². The predicted molar refractivity (Wildman–Crippen MR) is 367 cm³/mol. The normalized spacial score (nSPS) is 18.6. The predicted octanol–water partition coefficient (Wildman–Crippen LogP) is 13.1. The number of ether oxygens (including phenoxy) is 2. The molecule has 17 nitrogen and oxygen atoms in total. The summed E-state index contributed by atoms with van der Waals surface area (Å²) in [4.78, 5) is 64.5. The fraction of sp³-hybridized carbons (Fsp3) is 0.534. The van der Waals surface area contributed by atoms with Crippen LogP contribution in [0.1, 0.15) is 172 Å². The highest BCUT2D eigenvalue weighted by atomic mass is 35.5. The van der Waals surface area contributed by atoms with E-state index in [0.29, 0.717) is 111 Å². The van der Waals surface area contributed by atoms with Gasteiger partial charge in [0, 0.05) is 140 Å². The van der Waals surface area contributed by atoms with Gasteiger partial charge in [-0.05, 0) is 173 Å². The van der Waals surface area contributed by atoms with Crippen LogP contribution in [0.25, 0.3) is 0 Å². The van der Waals surface area contributed by atoms with Gasteiger partial charge in [-0.25, -0.2) is 8.78 Å². The first-order valence-electron chi connectivity index (χ1n) is 33.6. The minimum Gasteiger partial charge on any atom is -0.493 e. The van der Waals surface area contributed by atoms with Crippen molar-refractivity contribution in [3.8, 4) is 11.5 Å². The molecule has 3 fully saturated rings. The minimum absolute atomic E-state index is 0. The lowest BCUT2D eigenvalue weighted by molar-refractivity contribution is -0.144. The van der Waals surface area contributed by atoms with Crippen molar-refractivity contribution in [2.24, 2.45) is 5.41 Å². The van der Waals surface area contributed by atoms with Gasteiger partial charge in [-0.1, -0.05) is 50.0 Å². The zero-order valence-corrected chi connectivity index (χ0v) is 59.0. The summed E-state index contributed by atoms with van der Waals surface area (Å²) in [5.74, 6) is -0.384. The molecule has 3 saturated heterocycles. The molecular weight excluding hydrogens is 1300 g/mol. The number of Topliss-reactive ketones (excluding diaryl/α,β-unsaturated/α-hetero) is 1. The standard InChI is InChI=1S/C27H36FN3O3.C24H29F4N3O3.C22H27Cl2N3O2.2H2/c1-25(2,3)23(32)21-9-10-22-27(29(6)15-16-31(21)22)11-13-30(14-12-27)24(33)18-7-8-19(20(28)17-18)26(4,5)34;1-16-14-17(4-5-19(16)34-13-3-12-32)22(33)30-8-6-23(7-9-30)21-18(25)15-20(24(26,27)28)31(21)11-10-29(23)2;1-15(2)29-18-5-4-16(14-17(18)23)21(28)26-10-8-22(9-11-26)19-6-7-20(24)27(19)13-12-25(22)3;;/h7-10,17,34H,11-16H2,1-6H3;4-5,14-15,32H,3,6-13H2,1-2H3;4-7,14-15H,8-13H2,1-3H3;2*1H. The first-order valence-corrected chi connectivity index (χ1v) is 34.3. The molecule has 530 valence electrons. The Hall–Kier alpha value is -6.79. The summed E-state index contributed by atoms with van der Waals surface area (Å²) in [6.07, 6.45) is -0.136. The molecule has 0 saturated carbocycles. The molecule has 0 atom stereocenters. The van der Waals surface area contributed by atoms with E-state index >= 15 is 0 Å². The summed E-state index contributed by atoms with van der Waals surface area (Å²) >= 11 is 12.7. The number of rotatable bonds is 11. The number of nitrogens with zero attached hydrogens (tertiary/aromatic N) is 9. The Morgan fingerprint density at radius 2 is 1.04 bits per heavy atom. The van der Waals surface area contributed by atoms with E-state index in [1.165, 1.54) is 31.7 Å². The summed E-state index contributed by atoms with van der Waals surface area (Å²) in [6.45, 7) is 22.1. The Balaban J connectivity index is 0.000000188. The number of hydrogen-bond donors (Lipinski definition) is 2. The first kappa shape index (κ1) is 72.9. The number of ketones is 1. The monoisotopic (exact) mass is 1390 g/mol. The second-order valence-electron chi connectivity index (χ2n) is 28.6. The van der Waals surface area contributed by atoms with Crippen LogP contribution < -0.4 is 9.47 Å². The summed E-state index contributed by atoms with van der Waals surface area (Å²) in [6, 6.07) is 23.5. The Morgan fingerprint density at radius 1 is 0.577 bits per heavy atom. The van der Waals surface area contributed by atoms with Crippen molar-refractivity contribution in [1.29, 1.82) is 0 Å². The van der Waals surface area contributed by atoms with Crippen molar-refractivity contribution in [2.45, 2.75) is 154 Å². The molecule has 97 heavy (non-hydrogen) atoms. The number of piperidine rings is 3. The zero-order valence-electron chi connectivity index (χ0n) is 57.5. The number of likely N-dealkylation sites (tertiary alicyclic amines) is 3. The van der Waals surface area contributed by atoms with Crippen LogP contribution in [-0.2, 0) is 48.0 Å². The van der Waals surface area contributed by atoms with E-state index in [9.17, 15) is 46.2 Å². The number of halogens is 7. The topological polar surface area (TPSA) is 161 Å². The van der Waals surface area contributed by atoms with Gasteiger partial charge in [0.1, 0.15) is 34.0 Å². The third-order valence-electron chi connectivity index (χ3n) is 20.8. The van der Waals surface area contributed by atoms with Crippen molar-refractivity contribution in [1.82, 2.24) is 43.1 Å². The number of fused-ring (bicyclic) bond motifs is 6. The second kappa shape index (κ2) is 28.4. The van der Waals surface area contributed by atoms with E-state index in [2.05, 4.69) is 45.2 Å². The molecule has 3 spiro atoms. The Labute approximate surface area is 578 Å². The number of amides is 3. The highest BCUT2D eigenvalue weighted by molar-refractivity contribution is 6.32. The molecule has 3 aromatic heterocycles. The Bertz CT molecular complexity index is 3900. The van der Waals surface area contributed by atoms with Crippen molar-refractivity contribution >= 4 is 46.7 Å². The van der Waals surface area contributed by atoms with Gasteiger partial charge < -0.3 is 48.1 Å². The lowest BCUT2D eigenvalue weighted by Crippen LogP contribution is -2.57. The van der Waals surface area contributed by atoms with E-state index < -0.39 is 40.1 Å². The number of aryl methyl sites for hydroxylation is 1. The van der Waals surface area contributed by atoms with Crippen LogP contribution in [0.15, 0.2) is 84.9 Å². The van der Waals surface area contributed by atoms with Gasteiger partial charge in [0.15, 0.2) is 5.78 Å². The smallest absolute Gasteiger partial charge is 0.431 e. The number of alkyl halides is 3. The zero-order chi connectivity index (χ0) is 70.5. The molecule has 0 radical (unpaired) electrons. The van der Waals surface area contributed by atoms with Crippen LogP contribution in [0.5, 0.6) is 11.5 Å². The van der Waals surface area contributed by atoms with E-state index in [1.807, 2.05) is 63.5 Å². The van der Waals surface area contributed by atoms with E-state index in [4.69, 9.17) is 37.8 Å². The largest absolute Gasteiger partial charge is 0.493 e. The summed E-state index contributed by atoms with van der Waals surface area (Å²) < 4.78 is 86.6. The number of benzene rings is 3. The second-order valence-corrected chi connectivity index (χ2v) is 29.4. The molecule has 0 unspecified atom stereocenters. The molecule has 24 heteroatoms. The van der Waals surface area contributed by atoms with Crippen LogP contribution in [0.3, 0.4) is 0 Å². The lowest BCUT2D eigenvalue weighted by Gasteiger charge is -2.50. The van der Waals surface area contributed by atoms with Gasteiger partial charge in [0.25, 0.3) is 17.7 Å². The molecule has 3 aromatic carbocycles. The fourth-order valence-corrected chi connectivity index (χ4v) is 15.7. The van der Waals surface area contributed by atoms with Crippen molar-refractivity contribution in [3.05, 3.63) is 163 Å². The van der Waals surface area contributed by atoms with Gasteiger partial charge in [0.05, 0.1) is 51.3 Å². The van der Waals surface area contributed by atoms with Crippen molar-refractivity contribution in [2.75, 3.05) is 93.3 Å². The minimum atomic E-state index is -4.63. The maximum absolute atomic E-state index is 14.9. The van der Waals surface area contributed by atoms with Gasteiger partial charge in [0.2, 0.25) is 0 Å². The molecule has 3 amide bonds. The molecule has 12 rings (SSSR count). The van der Waals surface area contributed by atoms with Gasteiger partial charge in [-0.15, -0.1) is 0 Å². The van der Waals surface area contributed by atoms with Crippen LogP contribution in [-0.4, -0.2) is 176 Å². The third kappa shape index (κ3) is 14.5. The summed E-state index contributed by atoms with van der Waals surface area (Å²) in [5.41, 5.74) is 1.70. The molecular formula is C73H96Cl2F5N9O8. The molecule has 2 N–H and O–H groups in total. The molecule has 9 heterocycles. The quantitative estimate of drug-likeness (QED) is 0.0721. The third-order valence-corrected chi connectivity index (χ3v) is 21.4. The van der Waals surface area contributed by atoms with E-state index in [-0.39, 0.29) is 67.9 Å². The fourth-order valence-electron chi connectivity index (χ4n) is 15.2. The van der Waals surface area contributed by atoms with Crippen LogP contribution in [0, 0.1) is 24.0 Å². The molecule has 6 aromatic rings. The summed E-state index contributed by atoms with van der Waals surface area (Å²) in [5, 5.41) is 20.3. The Kier molecular flexibility index (Phi) is 21.4. The maximum atomic E-state index is 14.9. The van der Waals surface area contributed by atoms with Crippen LogP contribution >= 0.6 is 23.2 Å². The molecule has 0 aliphatic carbocycles. The number of aromatic nitrogens is 3. The van der Waals surface area contributed by atoms with Gasteiger partial charge >= 0.3 is 6.18 Å². The van der Waals surface area contributed by atoms with E-state index in [1.54, 1.807) is 59.3 Å². The number of aliphatic hydroxyl groups excluding tert-OH is 1. The van der Waals surface area contributed by atoms with Gasteiger partial charge in [-0.2, -0.15) is 13.2 Å². The maximum Gasteiger partial charge on any atom is 0.431 e. The average Bonchev–Trinajstić information content (AvgIpc) is 1.67. The number of likely N-dealkylation sites (N-methyl/N-ethyl adjacent to an activating group) is 3. The van der Waals surface area contributed by atoms with Gasteiger partial charge in [-0.3, -0.25) is 33.9 Å². The SMILES string of the molecule is CC(C)Oc1ccc(C(=O)N2CCC3(CC2)c2ccc(Cl)n2CCN3C)cc1Cl.CN1CCn2c(C(=O)C(C)(C)C)ccc2C12CCN(C(=O)c1ccc(C(C)(C)O)c(F)c1)CC2.Cc1cc(C(=O)N2CCC3(CC2)c2c(F)cc(C(F)(F)F)n2CCN3C)ccc1OCCCO.[HH].[HH].